The predicted octanol–water partition coefficient (Wildman–Crippen LogP) is 3.04. The molecule has 0 nitrogen and oxygen atoms in total. The van der Waals surface area contributed by atoms with Gasteiger partial charge in [-0.25, -0.2) is 0 Å². The standard InChI is InChI=1S/C7H14S2/c1-7(2,3)6-4-8-9-5-6/h6H,4-5H2,1-3H3. The molecular weight excluding hydrogens is 148 g/mol. The van der Waals surface area contributed by atoms with Crippen LogP contribution >= 0.6 is 21.6 Å². The van der Waals surface area contributed by atoms with Crippen molar-refractivity contribution in [1.82, 2.24) is 0 Å². The van der Waals surface area contributed by atoms with Crippen LogP contribution in [0.5, 0.6) is 0 Å². The Morgan fingerprint density at radius 2 is 1.56 bits per heavy atom. The summed E-state index contributed by atoms with van der Waals surface area (Å²) in [5, 5.41) is 0. The van der Waals surface area contributed by atoms with Crippen molar-refractivity contribution in [3.63, 3.8) is 0 Å². The maximum absolute atomic E-state index is 2.34. The molecule has 0 saturated carbocycles. The molecule has 1 aliphatic heterocycles. The van der Waals surface area contributed by atoms with Crippen molar-refractivity contribution in [2.75, 3.05) is 11.5 Å². The van der Waals surface area contributed by atoms with Crippen molar-refractivity contribution in [2.24, 2.45) is 11.3 Å². The maximum Gasteiger partial charge on any atom is 0.00785 e. The van der Waals surface area contributed by atoms with Crippen molar-refractivity contribution >= 4 is 21.6 Å². The molecule has 1 aliphatic rings. The van der Waals surface area contributed by atoms with Gasteiger partial charge in [-0.1, -0.05) is 42.4 Å². The molecule has 1 fully saturated rings. The third-order valence-corrected chi connectivity index (χ3v) is 4.41. The van der Waals surface area contributed by atoms with E-state index in [0.29, 0.717) is 5.41 Å². The lowest BCUT2D eigenvalue weighted by Crippen LogP contribution is -2.21. The van der Waals surface area contributed by atoms with Gasteiger partial charge in [-0.15, -0.1) is 0 Å². The van der Waals surface area contributed by atoms with Crippen LogP contribution in [-0.4, -0.2) is 11.5 Å². The molecule has 0 aromatic carbocycles. The number of hydrogen-bond acceptors (Lipinski definition) is 2. The monoisotopic (exact) mass is 162 g/mol. The second-order valence-corrected chi connectivity index (χ2v) is 6.18. The molecule has 0 aromatic heterocycles. The van der Waals surface area contributed by atoms with Crippen LogP contribution in [0.1, 0.15) is 20.8 Å². The van der Waals surface area contributed by atoms with Gasteiger partial charge in [0.2, 0.25) is 0 Å². The highest BCUT2D eigenvalue weighted by Crippen LogP contribution is 2.42. The first kappa shape index (κ1) is 7.80. The third kappa shape index (κ3) is 2.08. The second kappa shape index (κ2) is 2.75. The van der Waals surface area contributed by atoms with E-state index in [1.54, 1.807) is 0 Å². The lowest BCUT2D eigenvalue weighted by Gasteiger charge is -2.24. The molecule has 2 heteroatoms. The molecule has 0 N–H and O–H groups in total. The molecule has 0 bridgehead atoms. The van der Waals surface area contributed by atoms with Gasteiger partial charge < -0.3 is 0 Å². The molecule has 0 amide bonds. The summed E-state index contributed by atoms with van der Waals surface area (Å²) in [6.45, 7) is 7.01. The fraction of sp³-hybridized carbons (Fsp3) is 1.00. The zero-order valence-electron chi connectivity index (χ0n) is 6.31. The molecule has 54 valence electrons. The molecular formula is C7H14S2. The summed E-state index contributed by atoms with van der Waals surface area (Å²) in [6, 6.07) is 0. The average molecular weight is 162 g/mol. The Bertz CT molecular complexity index is 87.6. The first-order valence-electron chi connectivity index (χ1n) is 3.35. The van der Waals surface area contributed by atoms with Gasteiger partial charge in [-0.3, -0.25) is 0 Å². The largest absolute Gasteiger partial charge is 0.0938 e. The summed E-state index contributed by atoms with van der Waals surface area (Å²) in [5.74, 6) is 3.65. The van der Waals surface area contributed by atoms with E-state index in [-0.39, 0.29) is 0 Å². The van der Waals surface area contributed by atoms with Gasteiger partial charge in [0, 0.05) is 11.5 Å². The lowest BCUT2D eigenvalue weighted by molar-refractivity contribution is 0.296. The minimum atomic E-state index is 0.538. The molecule has 0 unspecified atom stereocenters. The first-order valence-corrected chi connectivity index (χ1v) is 5.84. The molecule has 9 heavy (non-hydrogen) atoms. The smallest absolute Gasteiger partial charge is 0.00785 e. The Morgan fingerprint density at radius 1 is 1.11 bits per heavy atom. The van der Waals surface area contributed by atoms with Gasteiger partial charge in [-0.05, 0) is 11.3 Å². The van der Waals surface area contributed by atoms with E-state index in [2.05, 4.69) is 20.8 Å². The van der Waals surface area contributed by atoms with E-state index in [4.69, 9.17) is 0 Å². The van der Waals surface area contributed by atoms with Crippen LogP contribution in [0.3, 0.4) is 0 Å². The van der Waals surface area contributed by atoms with Crippen LogP contribution in [-0.2, 0) is 0 Å². The molecule has 1 rings (SSSR count). The van der Waals surface area contributed by atoms with Crippen LogP contribution in [0.25, 0.3) is 0 Å². The summed E-state index contributed by atoms with van der Waals surface area (Å²) in [6.07, 6.45) is 0. The zero-order chi connectivity index (χ0) is 6.91. The van der Waals surface area contributed by atoms with Crippen molar-refractivity contribution in [2.45, 2.75) is 20.8 Å². The molecule has 0 atom stereocenters. The van der Waals surface area contributed by atoms with E-state index in [1.807, 2.05) is 21.6 Å². The molecule has 0 aliphatic carbocycles. The van der Waals surface area contributed by atoms with Crippen LogP contribution in [0.2, 0.25) is 0 Å². The van der Waals surface area contributed by atoms with Crippen molar-refractivity contribution in [3.05, 3.63) is 0 Å². The first-order chi connectivity index (χ1) is 4.11. The molecule has 1 heterocycles. The van der Waals surface area contributed by atoms with Gasteiger partial charge in [0.05, 0.1) is 0 Å². The summed E-state index contributed by atoms with van der Waals surface area (Å²) in [7, 11) is 4.05. The van der Waals surface area contributed by atoms with E-state index in [9.17, 15) is 0 Å². The Morgan fingerprint density at radius 3 is 1.78 bits per heavy atom. The average Bonchev–Trinajstić information content (AvgIpc) is 2.08. The van der Waals surface area contributed by atoms with Crippen LogP contribution < -0.4 is 0 Å². The summed E-state index contributed by atoms with van der Waals surface area (Å²) < 4.78 is 0. The Balaban J connectivity index is 2.42. The van der Waals surface area contributed by atoms with Crippen molar-refractivity contribution in [3.8, 4) is 0 Å². The van der Waals surface area contributed by atoms with Crippen LogP contribution in [0.4, 0.5) is 0 Å². The normalized spacial score (nSPS) is 23.0. The molecule has 0 aromatic rings. The van der Waals surface area contributed by atoms with E-state index < -0.39 is 0 Å². The van der Waals surface area contributed by atoms with Gasteiger partial charge in [0.1, 0.15) is 0 Å². The third-order valence-electron chi connectivity index (χ3n) is 1.85. The van der Waals surface area contributed by atoms with Crippen molar-refractivity contribution < 1.29 is 0 Å². The van der Waals surface area contributed by atoms with Gasteiger partial charge in [-0.2, -0.15) is 0 Å². The van der Waals surface area contributed by atoms with Gasteiger partial charge >= 0.3 is 0 Å². The maximum atomic E-state index is 2.34. The second-order valence-electron chi connectivity index (χ2n) is 3.63. The fourth-order valence-electron chi connectivity index (χ4n) is 0.809. The van der Waals surface area contributed by atoms with E-state index >= 15 is 0 Å². The minimum Gasteiger partial charge on any atom is -0.0938 e. The number of rotatable bonds is 0. The number of hydrogen-bond donors (Lipinski definition) is 0. The summed E-state index contributed by atoms with van der Waals surface area (Å²) in [5.41, 5.74) is 0.538. The molecule has 0 spiro atoms. The van der Waals surface area contributed by atoms with Gasteiger partial charge in [0.15, 0.2) is 0 Å². The van der Waals surface area contributed by atoms with Crippen molar-refractivity contribution in [1.29, 1.82) is 0 Å². The van der Waals surface area contributed by atoms with Crippen LogP contribution in [0.15, 0.2) is 0 Å². The topological polar surface area (TPSA) is 0 Å². The highest BCUT2D eigenvalue weighted by atomic mass is 33.1. The highest BCUT2D eigenvalue weighted by molar-refractivity contribution is 8.77. The SMILES string of the molecule is CC(C)(C)C1CSSC1. The van der Waals surface area contributed by atoms with Gasteiger partial charge in [0.25, 0.3) is 0 Å². The zero-order valence-corrected chi connectivity index (χ0v) is 7.94. The molecule has 1 saturated heterocycles. The quantitative estimate of drug-likeness (QED) is 0.502. The molecule has 0 radical (unpaired) electrons. The minimum absolute atomic E-state index is 0.538. The Kier molecular flexibility index (Phi) is 2.38. The summed E-state index contributed by atoms with van der Waals surface area (Å²) >= 11 is 0. The lowest BCUT2D eigenvalue weighted by atomic mass is 9.83. The Hall–Kier alpha value is 0.700. The summed E-state index contributed by atoms with van der Waals surface area (Å²) in [4.78, 5) is 0. The highest BCUT2D eigenvalue weighted by Gasteiger charge is 2.28. The fourth-order valence-corrected chi connectivity index (χ4v) is 4.28. The van der Waals surface area contributed by atoms with E-state index in [0.717, 1.165) is 5.92 Å². The Labute approximate surface area is 65.6 Å². The van der Waals surface area contributed by atoms with Crippen LogP contribution in [0, 0.1) is 11.3 Å². The predicted molar refractivity (Wildman–Crippen MR) is 47.9 cm³/mol. The van der Waals surface area contributed by atoms with E-state index in [1.165, 1.54) is 11.5 Å².